The maximum absolute atomic E-state index is 12.1. The molecule has 0 unspecified atom stereocenters. The highest BCUT2D eigenvalue weighted by atomic mass is 127. The SMILES string of the molecule is CC(C)c1ccc(CNC(=O)c2ccc(I)c(Cl)c2)cc1. The molecule has 0 radical (unpaired) electrons. The first kappa shape index (κ1) is 16.3. The molecule has 0 aliphatic rings. The van der Waals surface area contributed by atoms with Crippen molar-refractivity contribution in [3.8, 4) is 0 Å². The highest BCUT2D eigenvalue weighted by molar-refractivity contribution is 14.1. The highest BCUT2D eigenvalue weighted by Gasteiger charge is 2.07. The van der Waals surface area contributed by atoms with Gasteiger partial charge in [0.25, 0.3) is 5.91 Å². The molecule has 4 heteroatoms. The van der Waals surface area contributed by atoms with Gasteiger partial charge < -0.3 is 5.32 Å². The van der Waals surface area contributed by atoms with Gasteiger partial charge in [0.15, 0.2) is 0 Å². The topological polar surface area (TPSA) is 29.1 Å². The molecule has 0 aromatic heterocycles. The third-order valence-corrected chi connectivity index (χ3v) is 4.85. The maximum Gasteiger partial charge on any atom is 0.251 e. The predicted molar refractivity (Wildman–Crippen MR) is 95.9 cm³/mol. The number of rotatable bonds is 4. The Labute approximate surface area is 144 Å². The first-order valence-electron chi connectivity index (χ1n) is 6.79. The van der Waals surface area contributed by atoms with E-state index in [4.69, 9.17) is 11.6 Å². The molecule has 0 atom stereocenters. The van der Waals surface area contributed by atoms with E-state index >= 15 is 0 Å². The number of hydrogen-bond acceptors (Lipinski definition) is 1. The standard InChI is InChI=1S/C17H17ClINO/c1-11(2)13-5-3-12(4-6-13)10-20-17(21)14-7-8-16(19)15(18)9-14/h3-9,11H,10H2,1-2H3,(H,20,21). The summed E-state index contributed by atoms with van der Waals surface area (Å²) >= 11 is 8.17. The normalized spacial score (nSPS) is 10.7. The number of hydrogen-bond donors (Lipinski definition) is 1. The van der Waals surface area contributed by atoms with Crippen LogP contribution in [0.4, 0.5) is 0 Å². The fraction of sp³-hybridized carbons (Fsp3) is 0.235. The summed E-state index contributed by atoms with van der Waals surface area (Å²) in [6.07, 6.45) is 0. The van der Waals surface area contributed by atoms with Gasteiger partial charge in [-0.15, -0.1) is 0 Å². The van der Waals surface area contributed by atoms with Crippen LogP contribution in [-0.2, 0) is 6.54 Å². The monoisotopic (exact) mass is 413 g/mol. The van der Waals surface area contributed by atoms with E-state index in [1.165, 1.54) is 5.56 Å². The zero-order chi connectivity index (χ0) is 15.4. The average molecular weight is 414 g/mol. The Hall–Kier alpha value is -1.07. The Bertz CT molecular complexity index is 638. The summed E-state index contributed by atoms with van der Waals surface area (Å²) in [6.45, 7) is 4.84. The van der Waals surface area contributed by atoms with E-state index in [-0.39, 0.29) is 5.91 Å². The quantitative estimate of drug-likeness (QED) is 0.702. The summed E-state index contributed by atoms with van der Waals surface area (Å²) in [5, 5.41) is 3.51. The number of carbonyl (C=O) groups excluding carboxylic acids is 1. The molecule has 2 aromatic rings. The molecule has 0 bridgehead atoms. The van der Waals surface area contributed by atoms with Crippen molar-refractivity contribution in [3.05, 3.63) is 67.7 Å². The van der Waals surface area contributed by atoms with Crippen LogP contribution in [0.5, 0.6) is 0 Å². The zero-order valence-electron chi connectivity index (χ0n) is 12.0. The summed E-state index contributed by atoms with van der Waals surface area (Å²) in [7, 11) is 0. The van der Waals surface area contributed by atoms with E-state index in [0.29, 0.717) is 23.0 Å². The van der Waals surface area contributed by atoms with E-state index in [2.05, 4.69) is 66.0 Å². The molecule has 0 saturated carbocycles. The molecule has 0 spiro atoms. The lowest BCUT2D eigenvalue weighted by Gasteiger charge is -2.09. The van der Waals surface area contributed by atoms with E-state index in [0.717, 1.165) is 9.13 Å². The number of nitrogens with one attached hydrogen (secondary N) is 1. The van der Waals surface area contributed by atoms with Crippen molar-refractivity contribution in [2.75, 3.05) is 0 Å². The van der Waals surface area contributed by atoms with Gasteiger partial charge in [-0.3, -0.25) is 4.79 Å². The molecular weight excluding hydrogens is 397 g/mol. The first-order chi connectivity index (χ1) is 9.97. The third kappa shape index (κ3) is 4.45. The largest absolute Gasteiger partial charge is 0.348 e. The molecule has 0 aliphatic carbocycles. The van der Waals surface area contributed by atoms with Crippen molar-refractivity contribution in [3.63, 3.8) is 0 Å². The number of amides is 1. The molecule has 110 valence electrons. The van der Waals surface area contributed by atoms with E-state index < -0.39 is 0 Å². The Morgan fingerprint density at radius 1 is 1.19 bits per heavy atom. The van der Waals surface area contributed by atoms with Crippen molar-refractivity contribution in [1.29, 1.82) is 0 Å². The van der Waals surface area contributed by atoms with Crippen molar-refractivity contribution in [1.82, 2.24) is 5.32 Å². The minimum absolute atomic E-state index is 0.110. The Kier molecular flexibility index (Phi) is 5.65. The minimum Gasteiger partial charge on any atom is -0.348 e. The van der Waals surface area contributed by atoms with Gasteiger partial charge in [-0.05, 0) is 57.8 Å². The summed E-state index contributed by atoms with van der Waals surface area (Å²) in [6, 6.07) is 13.6. The molecule has 0 heterocycles. The third-order valence-electron chi connectivity index (χ3n) is 3.28. The van der Waals surface area contributed by atoms with Gasteiger partial charge in [0, 0.05) is 15.7 Å². The highest BCUT2D eigenvalue weighted by Crippen LogP contribution is 2.19. The minimum atomic E-state index is -0.110. The van der Waals surface area contributed by atoms with E-state index in [1.54, 1.807) is 12.1 Å². The van der Waals surface area contributed by atoms with Crippen LogP contribution in [0.25, 0.3) is 0 Å². The Balaban J connectivity index is 1.98. The van der Waals surface area contributed by atoms with Crippen LogP contribution in [-0.4, -0.2) is 5.91 Å². The second kappa shape index (κ2) is 7.27. The van der Waals surface area contributed by atoms with Gasteiger partial charge in [0.2, 0.25) is 0 Å². The molecule has 0 saturated heterocycles. The van der Waals surface area contributed by atoms with Crippen LogP contribution < -0.4 is 5.32 Å². The number of carbonyl (C=O) groups is 1. The van der Waals surface area contributed by atoms with Gasteiger partial charge in [-0.1, -0.05) is 49.7 Å². The summed E-state index contributed by atoms with van der Waals surface area (Å²) in [5.74, 6) is 0.406. The zero-order valence-corrected chi connectivity index (χ0v) is 14.9. The Morgan fingerprint density at radius 2 is 1.86 bits per heavy atom. The van der Waals surface area contributed by atoms with Gasteiger partial charge in [-0.25, -0.2) is 0 Å². The predicted octanol–water partition coefficient (Wildman–Crippen LogP) is 5.00. The summed E-state index contributed by atoms with van der Waals surface area (Å²) in [4.78, 5) is 12.1. The summed E-state index contributed by atoms with van der Waals surface area (Å²) in [5.41, 5.74) is 2.97. The van der Waals surface area contributed by atoms with Crippen LogP contribution in [0.15, 0.2) is 42.5 Å². The van der Waals surface area contributed by atoms with Crippen LogP contribution in [0.1, 0.15) is 41.3 Å². The molecule has 1 amide bonds. The average Bonchev–Trinajstić information content (AvgIpc) is 2.48. The molecule has 0 aliphatic heterocycles. The Morgan fingerprint density at radius 3 is 2.43 bits per heavy atom. The van der Waals surface area contributed by atoms with Crippen molar-refractivity contribution < 1.29 is 4.79 Å². The van der Waals surface area contributed by atoms with Gasteiger partial charge in [0.05, 0.1) is 5.02 Å². The first-order valence-corrected chi connectivity index (χ1v) is 8.25. The molecule has 2 rings (SSSR count). The second-order valence-electron chi connectivity index (χ2n) is 5.21. The molecule has 1 N–H and O–H groups in total. The molecule has 2 aromatic carbocycles. The molecular formula is C17H17ClINO. The molecule has 2 nitrogen and oxygen atoms in total. The summed E-state index contributed by atoms with van der Waals surface area (Å²) < 4.78 is 0.940. The fourth-order valence-corrected chi connectivity index (χ4v) is 2.46. The lowest BCUT2D eigenvalue weighted by molar-refractivity contribution is 0.0951. The smallest absolute Gasteiger partial charge is 0.251 e. The van der Waals surface area contributed by atoms with Crippen molar-refractivity contribution in [2.45, 2.75) is 26.3 Å². The van der Waals surface area contributed by atoms with E-state index in [9.17, 15) is 4.79 Å². The van der Waals surface area contributed by atoms with Gasteiger partial charge in [0.1, 0.15) is 0 Å². The van der Waals surface area contributed by atoms with Crippen molar-refractivity contribution >= 4 is 40.1 Å². The van der Waals surface area contributed by atoms with Crippen LogP contribution in [0.2, 0.25) is 5.02 Å². The van der Waals surface area contributed by atoms with Crippen LogP contribution in [0.3, 0.4) is 0 Å². The second-order valence-corrected chi connectivity index (χ2v) is 6.78. The lowest BCUT2D eigenvalue weighted by atomic mass is 10.0. The maximum atomic E-state index is 12.1. The molecule has 0 fully saturated rings. The lowest BCUT2D eigenvalue weighted by Crippen LogP contribution is -2.22. The number of benzene rings is 2. The van der Waals surface area contributed by atoms with E-state index in [1.807, 2.05) is 6.07 Å². The van der Waals surface area contributed by atoms with Gasteiger partial charge in [-0.2, -0.15) is 0 Å². The number of halogens is 2. The van der Waals surface area contributed by atoms with Crippen molar-refractivity contribution in [2.24, 2.45) is 0 Å². The molecule has 21 heavy (non-hydrogen) atoms. The van der Waals surface area contributed by atoms with Crippen LogP contribution >= 0.6 is 34.2 Å². The van der Waals surface area contributed by atoms with Gasteiger partial charge >= 0.3 is 0 Å². The van der Waals surface area contributed by atoms with Crippen LogP contribution in [0, 0.1) is 3.57 Å². The fourth-order valence-electron chi connectivity index (χ4n) is 1.94.